The van der Waals surface area contributed by atoms with E-state index >= 15 is 0 Å². The SMILES string of the molecule is CN(Cc1ccc(Cl)s1)C(CN)c1cc(Br)ccc1F. The lowest BCUT2D eigenvalue weighted by Gasteiger charge is -2.27. The predicted molar refractivity (Wildman–Crippen MR) is 86.7 cm³/mol. The smallest absolute Gasteiger partial charge is 0.128 e. The van der Waals surface area contributed by atoms with Gasteiger partial charge in [-0.3, -0.25) is 4.90 Å². The molecule has 0 amide bonds. The van der Waals surface area contributed by atoms with Crippen LogP contribution >= 0.6 is 38.9 Å². The lowest BCUT2D eigenvalue weighted by molar-refractivity contribution is 0.238. The monoisotopic (exact) mass is 376 g/mol. The van der Waals surface area contributed by atoms with E-state index in [0.29, 0.717) is 18.7 Å². The summed E-state index contributed by atoms with van der Waals surface area (Å²) in [6.07, 6.45) is 0. The average molecular weight is 378 g/mol. The summed E-state index contributed by atoms with van der Waals surface area (Å²) in [5, 5.41) is 0. The minimum Gasteiger partial charge on any atom is -0.329 e. The maximum atomic E-state index is 14.0. The molecule has 0 fully saturated rings. The van der Waals surface area contributed by atoms with E-state index in [1.54, 1.807) is 12.1 Å². The van der Waals surface area contributed by atoms with E-state index in [4.69, 9.17) is 17.3 Å². The Balaban J connectivity index is 2.20. The number of nitrogens with two attached hydrogens (primary N) is 1. The van der Waals surface area contributed by atoms with Crippen molar-refractivity contribution in [2.45, 2.75) is 12.6 Å². The number of hydrogen-bond acceptors (Lipinski definition) is 3. The highest BCUT2D eigenvalue weighted by molar-refractivity contribution is 9.10. The summed E-state index contributed by atoms with van der Waals surface area (Å²) < 4.78 is 15.6. The summed E-state index contributed by atoms with van der Waals surface area (Å²) in [6, 6.07) is 8.60. The Morgan fingerprint density at radius 3 is 2.75 bits per heavy atom. The topological polar surface area (TPSA) is 29.3 Å². The van der Waals surface area contributed by atoms with E-state index < -0.39 is 0 Å². The standard InChI is InChI=1S/C14H15BrClFN2S/c1-19(8-10-3-5-14(16)20-10)13(7-18)11-6-9(15)2-4-12(11)17/h2-6,13H,7-8,18H2,1H3. The Labute approximate surface area is 135 Å². The van der Waals surface area contributed by atoms with Gasteiger partial charge >= 0.3 is 0 Å². The molecule has 6 heteroatoms. The third-order valence-electron chi connectivity index (χ3n) is 3.11. The summed E-state index contributed by atoms with van der Waals surface area (Å²) in [5.41, 5.74) is 6.44. The minimum absolute atomic E-state index is 0.173. The highest BCUT2D eigenvalue weighted by Gasteiger charge is 2.20. The summed E-state index contributed by atoms with van der Waals surface area (Å²) in [7, 11) is 1.94. The second-order valence-electron chi connectivity index (χ2n) is 4.54. The van der Waals surface area contributed by atoms with E-state index in [2.05, 4.69) is 15.9 Å². The summed E-state index contributed by atoms with van der Waals surface area (Å²) in [6.45, 7) is 1.04. The van der Waals surface area contributed by atoms with Crippen LogP contribution in [0.25, 0.3) is 0 Å². The maximum Gasteiger partial charge on any atom is 0.128 e. The number of benzene rings is 1. The lowest BCUT2D eigenvalue weighted by Crippen LogP contribution is -2.30. The Bertz CT molecular complexity index is 590. The zero-order valence-corrected chi connectivity index (χ0v) is 14.1. The molecule has 1 atom stereocenters. The molecule has 0 radical (unpaired) electrons. The number of likely N-dealkylation sites (N-methyl/N-ethyl adjacent to an activating group) is 1. The zero-order valence-electron chi connectivity index (χ0n) is 10.9. The van der Waals surface area contributed by atoms with Gasteiger partial charge in [0.15, 0.2) is 0 Å². The molecule has 0 saturated carbocycles. The first-order valence-corrected chi connectivity index (χ1v) is 8.09. The van der Waals surface area contributed by atoms with Crippen molar-refractivity contribution in [2.24, 2.45) is 5.73 Å². The molecule has 2 nitrogen and oxygen atoms in total. The summed E-state index contributed by atoms with van der Waals surface area (Å²) >= 11 is 10.8. The molecule has 20 heavy (non-hydrogen) atoms. The summed E-state index contributed by atoms with van der Waals surface area (Å²) in [4.78, 5) is 3.17. The second kappa shape index (κ2) is 7.00. The molecule has 0 bridgehead atoms. The molecule has 0 spiro atoms. The highest BCUT2D eigenvalue weighted by Crippen LogP contribution is 2.28. The fourth-order valence-corrected chi connectivity index (χ4v) is 3.64. The quantitative estimate of drug-likeness (QED) is 0.835. The van der Waals surface area contributed by atoms with Gasteiger partial charge in [0, 0.05) is 28.0 Å². The maximum absolute atomic E-state index is 14.0. The van der Waals surface area contributed by atoms with Gasteiger partial charge in [0.2, 0.25) is 0 Å². The van der Waals surface area contributed by atoms with Crippen LogP contribution < -0.4 is 5.73 Å². The van der Waals surface area contributed by atoms with Crippen molar-refractivity contribution >= 4 is 38.9 Å². The van der Waals surface area contributed by atoms with E-state index in [1.165, 1.54) is 17.4 Å². The van der Waals surface area contributed by atoms with Crippen molar-refractivity contribution in [3.8, 4) is 0 Å². The highest BCUT2D eigenvalue weighted by atomic mass is 79.9. The van der Waals surface area contributed by atoms with Crippen LogP contribution in [0.3, 0.4) is 0 Å². The van der Waals surface area contributed by atoms with Crippen LogP contribution in [0.1, 0.15) is 16.5 Å². The summed E-state index contributed by atoms with van der Waals surface area (Å²) in [5.74, 6) is -0.236. The Morgan fingerprint density at radius 2 is 2.15 bits per heavy atom. The van der Waals surface area contributed by atoms with Crippen LogP contribution in [-0.4, -0.2) is 18.5 Å². The second-order valence-corrected chi connectivity index (χ2v) is 7.25. The first-order chi connectivity index (χ1) is 9.51. The molecule has 2 aromatic rings. The number of halogens is 3. The van der Waals surface area contributed by atoms with Gasteiger partial charge in [-0.15, -0.1) is 11.3 Å². The third-order valence-corrected chi connectivity index (χ3v) is 4.82. The average Bonchev–Trinajstić information content (AvgIpc) is 2.80. The van der Waals surface area contributed by atoms with E-state index in [9.17, 15) is 4.39 Å². The van der Waals surface area contributed by atoms with Crippen LogP contribution in [0.5, 0.6) is 0 Å². The molecule has 2 N–H and O–H groups in total. The molecule has 1 aromatic heterocycles. The molecule has 1 heterocycles. The normalized spacial score (nSPS) is 12.9. The van der Waals surface area contributed by atoms with Crippen molar-refractivity contribution < 1.29 is 4.39 Å². The van der Waals surface area contributed by atoms with Crippen LogP contribution in [0, 0.1) is 5.82 Å². The van der Waals surface area contributed by atoms with Gasteiger partial charge in [0.1, 0.15) is 5.82 Å². The van der Waals surface area contributed by atoms with Crippen molar-refractivity contribution in [1.82, 2.24) is 4.90 Å². The number of hydrogen-bond donors (Lipinski definition) is 1. The Hall–Kier alpha value is -0.460. The van der Waals surface area contributed by atoms with Crippen molar-refractivity contribution in [1.29, 1.82) is 0 Å². The molecule has 0 aliphatic rings. The number of thiophene rings is 1. The van der Waals surface area contributed by atoms with Gasteiger partial charge in [-0.1, -0.05) is 27.5 Å². The third kappa shape index (κ3) is 3.80. The van der Waals surface area contributed by atoms with Gasteiger partial charge in [0.05, 0.1) is 10.4 Å². The molecule has 108 valence electrons. The fraction of sp³-hybridized carbons (Fsp3) is 0.286. The van der Waals surface area contributed by atoms with E-state index in [1.807, 2.05) is 24.1 Å². The fourth-order valence-electron chi connectivity index (χ4n) is 2.11. The van der Waals surface area contributed by atoms with Gasteiger partial charge < -0.3 is 5.73 Å². The van der Waals surface area contributed by atoms with Crippen LogP contribution in [-0.2, 0) is 6.54 Å². The largest absolute Gasteiger partial charge is 0.329 e. The molecule has 0 saturated heterocycles. The van der Waals surface area contributed by atoms with Crippen LogP contribution in [0.2, 0.25) is 4.34 Å². The van der Waals surface area contributed by atoms with Gasteiger partial charge in [-0.25, -0.2) is 4.39 Å². The van der Waals surface area contributed by atoms with Crippen LogP contribution in [0.4, 0.5) is 4.39 Å². The van der Waals surface area contributed by atoms with Gasteiger partial charge in [-0.2, -0.15) is 0 Å². The molecule has 2 rings (SSSR count). The van der Waals surface area contributed by atoms with Crippen molar-refractivity contribution in [3.63, 3.8) is 0 Å². The first kappa shape index (κ1) is 15.9. The van der Waals surface area contributed by atoms with Crippen LogP contribution in [0.15, 0.2) is 34.8 Å². The molecule has 1 aromatic carbocycles. The van der Waals surface area contributed by atoms with Gasteiger partial charge in [0.25, 0.3) is 0 Å². The zero-order chi connectivity index (χ0) is 14.7. The van der Waals surface area contributed by atoms with E-state index in [0.717, 1.165) is 13.7 Å². The van der Waals surface area contributed by atoms with Crippen molar-refractivity contribution in [3.05, 3.63) is 55.4 Å². The van der Waals surface area contributed by atoms with Crippen molar-refractivity contribution in [2.75, 3.05) is 13.6 Å². The number of rotatable bonds is 5. The number of nitrogens with zero attached hydrogens (tertiary/aromatic N) is 1. The molecule has 1 unspecified atom stereocenters. The predicted octanol–water partition coefficient (Wildman–Crippen LogP) is 4.43. The Morgan fingerprint density at radius 1 is 1.40 bits per heavy atom. The molecular formula is C14H15BrClFN2S. The first-order valence-electron chi connectivity index (χ1n) is 6.10. The Kier molecular flexibility index (Phi) is 5.57. The molecule has 0 aliphatic carbocycles. The van der Waals surface area contributed by atoms with E-state index in [-0.39, 0.29) is 11.9 Å². The van der Waals surface area contributed by atoms with Gasteiger partial charge in [-0.05, 0) is 37.4 Å². The minimum atomic E-state index is -0.236. The lowest BCUT2D eigenvalue weighted by atomic mass is 10.1. The molecular weight excluding hydrogens is 363 g/mol. The molecule has 0 aliphatic heterocycles.